The fraction of sp³-hybridized carbons (Fsp3) is 0.318. The van der Waals surface area contributed by atoms with E-state index >= 15 is 0 Å². The van der Waals surface area contributed by atoms with Crippen molar-refractivity contribution in [3.8, 4) is 0 Å². The van der Waals surface area contributed by atoms with Crippen LogP contribution in [-0.4, -0.2) is 54.0 Å². The lowest BCUT2D eigenvalue weighted by molar-refractivity contribution is 0.0950. The number of hydrogen-bond donors (Lipinski definition) is 1. The van der Waals surface area contributed by atoms with E-state index in [4.69, 9.17) is 0 Å². The Morgan fingerprint density at radius 3 is 2.72 bits per heavy atom. The number of piperazine rings is 1. The monoisotopic (exact) mass is 393 g/mol. The fourth-order valence-electron chi connectivity index (χ4n) is 3.52. The molecule has 0 radical (unpaired) electrons. The van der Waals surface area contributed by atoms with Crippen molar-refractivity contribution in [3.63, 3.8) is 0 Å². The highest BCUT2D eigenvalue weighted by Gasteiger charge is 2.16. The van der Waals surface area contributed by atoms with Crippen LogP contribution in [0, 0.1) is 12.7 Å². The van der Waals surface area contributed by atoms with E-state index in [9.17, 15) is 9.18 Å². The Balaban J connectivity index is 1.46. The molecule has 1 N–H and O–H groups in total. The summed E-state index contributed by atoms with van der Waals surface area (Å²) in [4.78, 5) is 26.1. The molecule has 1 aliphatic rings. The zero-order valence-electron chi connectivity index (χ0n) is 16.7. The number of fused-ring (bicyclic) bond motifs is 1. The van der Waals surface area contributed by atoms with Crippen molar-refractivity contribution >= 4 is 22.6 Å². The summed E-state index contributed by atoms with van der Waals surface area (Å²) >= 11 is 0. The van der Waals surface area contributed by atoms with Gasteiger partial charge in [0.25, 0.3) is 5.91 Å². The number of rotatable bonds is 4. The van der Waals surface area contributed by atoms with Crippen LogP contribution in [0.3, 0.4) is 0 Å². The van der Waals surface area contributed by atoms with Crippen molar-refractivity contribution in [3.05, 3.63) is 65.2 Å². The lowest BCUT2D eigenvalue weighted by Gasteiger charge is -2.33. The van der Waals surface area contributed by atoms with Gasteiger partial charge in [-0.05, 0) is 49.9 Å². The molecule has 7 heteroatoms. The Bertz CT molecular complexity index is 1050. The number of carbonyl (C=O) groups excluding carboxylic acids is 1. The summed E-state index contributed by atoms with van der Waals surface area (Å²) < 4.78 is 13.4. The van der Waals surface area contributed by atoms with Crippen molar-refractivity contribution < 1.29 is 9.18 Å². The van der Waals surface area contributed by atoms with Crippen LogP contribution in [-0.2, 0) is 6.54 Å². The van der Waals surface area contributed by atoms with Crippen LogP contribution in [0.2, 0.25) is 0 Å². The van der Waals surface area contributed by atoms with E-state index in [1.165, 1.54) is 12.1 Å². The molecule has 1 aromatic carbocycles. The second-order valence-electron chi connectivity index (χ2n) is 7.45. The number of halogens is 1. The Morgan fingerprint density at radius 1 is 1.14 bits per heavy atom. The van der Waals surface area contributed by atoms with Crippen LogP contribution in [0.4, 0.5) is 10.2 Å². The van der Waals surface area contributed by atoms with E-state index in [1.54, 1.807) is 25.3 Å². The van der Waals surface area contributed by atoms with Crippen LogP contribution in [0.25, 0.3) is 10.9 Å². The Labute approximate surface area is 169 Å². The summed E-state index contributed by atoms with van der Waals surface area (Å²) in [6.45, 7) is 6.09. The number of likely N-dealkylation sites (N-methyl/N-ethyl adjacent to an activating group) is 1. The topological polar surface area (TPSA) is 61.4 Å². The van der Waals surface area contributed by atoms with Crippen molar-refractivity contribution in [2.24, 2.45) is 0 Å². The lowest BCUT2D eigenvalue weighted by Crippen LogP contribution is -2.44. The maximum atomic E-state index is 13.4. The molecule has 1 amide bonds. The van der Waals surface area contributed by atoms with E-state index < -0.39 is 0 Å². The Hall–Kier alpha value is -3.06. The fourth-order valence-corrected chi connectivity index (χ4v) is 3.52. The molecule has 0 bridgehead atoms. The molecule has 4 rings (SSSR count). The third-order valence-corrected chi connectivity index (χ3v) is 5.31. The zero-order valence-corrected chi connectivity index (χ0v) is 16.7. The second-order valence-corrected chi connectivity index (χ2v) is 7.45. The molecule has 1 fully saturated rings. The SMILES string of the molecule is Cc1nc2cc(F)ccc2cc1C(=O)NCc1ccnc(N2CCN(C)CC2)c1. The van der Waals surface area contributed by atoms with Gasteiger partial charge in [-0.25, -0.2) is 9.37 Å². The average Bonchev–Trinajstić information content (AvgIpc) is 2.72. The smallest absolute Gasteiger partial charge is 0.253 e. The first-order chi connectivity index (χ1) is 14.0. The first kappa shape index (κ1) is 19.3. The van der Waals surface area contributed by atoms with Gasteiger partial charge in [0.1, 0.15) is 11.6 Å². The molecule has 29 heavy (non-hydrogen) atoms. The number of amides is 1. The molecule has 0 aliphatic carbocycles. The van der Waals surface area contributed by atoms with E-state index in [0.717, 1.165) is 42.9 Å². The quantitative estimate of drug-likeness (QED) is 0.739. The highest BCUT2D eigenvalue weighted by molar-refractivity contribution is 5.98. The third-order valence-electron chi connectivity index (χ3n) is 5.31. The molecule has 0 atom stereocenters. The standard InChI is InChI=1S/C22H24FN5O/c1-15-19(12-17-3-4-18(23)13-20(17)26-15)22(29)25-14-16-5-6-24-21(11-16)28-9-7-27(2)8-10-28/h3-6,11-13H,7-10,14H2,1-2H3,(H,25,29). The number of nitrogens with zero attached hydrogens (tertiary/aromatic N) is 4. The zero-order chi connectivity index (χ0) is 20.4. The largest absolute Gasteiger partial charge is 0.354 e. The van der Waals surface area contributed by atoms with Crippen LogP contribution in [0.1, 0.15) is 21.6 Å². The van der Waals surface area contributed by atoms with E-state index in [0.29, 0.717) is 23.3 Å². The Morgan fingerprint density at radius 2 is 1.93 bits per heavy atom. The predicted molar refractivity (Wildman–Crippen MR) is 112 cm³/mol. The average molecular weight is 393 g/mol. The van der Waals surface area contributed by atoms with Crippen LogP contribution >= 0.6 is 0 Å². The Kier molecular flexibility index (Phi) is 5.40. The first-order valence-corrected chi connectivity index (χ1v) is 9.73. The number of benzene rings is 1. The number of hydrogen-bond acceptors (Lipinski definition) is 5. The minimum Gasteiger partial charge on any atom is -0.354 e. The first-order valence-electron chi connectivity index (χ1n) is 9.73. The molecule has 0 spiro atoms. The van der Waals surface area contributed by atoms with E-state index in [2.05, 4.69) is 32.1 Å². The summed E-state index contributed by atoms with van der Waals surface area (Å²) in [6, 6.07) is 10.1. The molecule has 3 heterocycles. The van der Waals surface area contributed by atoms with Crippen LogP contribution in [0.5, 0.6) is 0 Å². The highest BCUT2D eigenvalue weighted by Crippen LogP contribution is 2.18. The molecule has 1 aliphatic heterocycles. The van der Waals surface area contributed by atoms with Crippen LogP contribution < -0.4 is 10.2 Å². The van der Waals surface area contributed by atoms with Gasteiger partial charge in [-0.3, -0.25) is 9.78 Å². The minimum atomic E-state index is -0.338. The molecule has 6 nitrogen and oxygen atoms in total. The molecule has 0 unspecified atom stereocenters. The summed E-state index contributed by atoms with van der Waals surface area (Å²) in [6.07, 6.45) is 1.78. The number of anilines is 1. The maximum Gasteiger partial charge on any atom is 0.253 e. The normalized spacial score (nSPS) is 14.9. The van der Waals surface area contributed by atoms with E-state index in [-0.39, 0.29) is 11.7 Å². The third kappa shape index (κ3) is 4.35. The number of nitrogens with one attached hydrogen (secondary N) is 1. The number of pyridine rings is 2. The van der Waals surface area contributed by atoms with E-state index in [1.807, 2.05) is 12.1 Å². The molecule has 0 saturated carbocycles. The van der Waals surface area contributed by atoms with Gasteiger partial charge in [-0.2, -0.15) is 0 Å². The maximum absolute atomic E-state index is 13.4. The van der Waals surface area contributed by atoms with Gasteiger partial charge in [-0.1, -0.05) is 0 Å². The number of aromatic nitrogens is 2. The van der Waals surface area contributed by atoms with Gasteiger partial charge < -0.3 is 15.1 Å². The van der Waals surface area contributed by atoms with Gasteiger partial charge in [0.05, 0.1) is 16.8 Å². The van der Waals surface area contributed by atoms with Crippen molar-refractivity contribution in [2.45, 2.75) is 13.5 Å². The van der Waals surface area contributed by atoms with Gasteiger partial charge in [0.2, 0.25) is 0 Å². The summed E-state index contributed by atoms with van der Waals surface area (Å²) in [5, 5.41) is 3.70. The number of carbonyl (C=O) groups is 1. The van der Waals surface area contributed by atoms with Crippen LogP contribution in [0.15, 0.2) is 42.6 Å². The lowest BCUT2D eigenvalue weighted by atomic mass is 10.1. The molecule has 150 valence electrons. The van der Waals surface area contributed by atoms with Crippen molar-refractivity contribution in [1.82, 2.24) is 20.2 Å². The predicted octanol–water partition coefficient (Wildman–Crippen LogP) is 2.76. The second kappa shape index (κ2) is 8.13. The molecular formula is C22H24FN5O. The molecule has 2 aromatic heterocycles. The number of aryl methyl sites for hydroxylation is 1. The van der Waals surface area contributed by atoms with Gasteiger partial charge in [0.15, 0.2) is 0 Å². The summed E-state index contributed by atoms with van der Waals surface area (Å²) in [7, 11) is 2.12. The van der Waals surface area contributed by atoms with Gasteiger partial charge in [0, 0.05) is 50.4 Å². The summed E-state index contributed by atoms with van der Waals surface area (Å²) in [5.41, 5.74) is 2.62. The van der Waals surface area contributed by atoms with Crippen molar-refractivity contribution in [1.29, 1.82) is 0 Å². The van der Waals surface area contributed by atoms with Gasteiger partial charge >= 0.3 is 0 Å². The summed E-state index contributed by atoms with van der Waals surface area (Å²) in [5.74, 6) is 0.407. The minimum absolute atomic E-state index is 0.195. The highest BCUT2D eigenvalue weighted by atomic mass is 19.1. The molecule has 1 saturated heterocycles. The molecule has 3 aromatic rings. The molecular weight excluding hydrogens is 369 g/mol. The van der Waals surface area contributed by atoms with Gasteiger partial charge in [-0.15, -0.1) is 0 Å². The van der Waals surface area contributed by atoms with Crippen molar-refractivity contribution in [2.75, 3.05) is 38.1 Å².